The number of rotatable bonds is 39. The van der Waals surface area contributed by atoms with Crippen molar-refractivity contribution >= 4 is 37.3 Å². The van der Waals surface area contributed by atoms with Crippen molar-refractivity contribution in [3.05, 3.63) is 60.7 Å². The van der Waals surface area contributed by atoms with Gasteiger partial charge in [0.25, 0.3) is 5.91 Å². The number of hydrogen-bond acceptors (Lipinski definition) is 13. The van der Waals surface area contributed by atoms with Crippen LogP contribution in [0.3, 0.4) is 0 Å². The van der Waals surface area contributed by atoms with Crippen LogP contribution in [0.2, 0.25) is 13.1 Å². The summed E-state index contributed by atoms with van der Waals surface area (Å²) in [5.74, 6) is -0.197. The average molecular weight is 1040 g/mol. The molecule has 1 aliphatic heterocycles. The molecule has 0 radical (unpaired) electrons. The van der Waals surface area contributed by atoms with E-state index < -0.39 is 79.6 Å². The number of benzene rings is 2. The molecule has 6 atom stereocenters. The molecule has 2 aromatic rings. The molecular formula is C54H89NO14SSi. The van der Waals surface area contributed by atoms with Gasteiger partial charge >= 0.3 is 22.3 Å². The Hall–Kier alpha value is -3.58. The number of esters is 2. The Morgan fingerprint density at radius 1 is 0.676 bits per heavy atom. The van der Waals surface area contributed by atoms with E-state index >= 15 is 0 Å². The summed E-state index contributed by atoms with van der Waals surface area (Å²) in [5.41, 5.74) is -0.705. The third-order valence-electron chi connectivity index (χ3n) is 12.0. The smallest absolute Gasteiger partial charge is 0.397 e. The normalized spacial score (nSPS) is 18.7. The Labute approximate surface area is 428 Å². The van der Waals surface area contributed by atoms with Crippen LogP contribution in [-0.4, -0.2) is 102 Å². The van der Waals surface area contributed by atoms with Gasteiger partial charge < -0.3 is 38.2 Å². The van der Waals surface area contributed by atoms with E-state index in [0.717, 1.165) is 88.5 Å². The van der Waals surface area contributed by atoms with Crippen molar-refractivity contribution in [1.82, 2.24) is 5.32 Å². The van der Waals surface area contributed by atoms with Crippen molar-refractivity contribution < 1.29 is 64.4 Å². The van der Waals surface area contributed by atoms with E-state index in [9.17, 15) is 27.4 Å². The van der Waals surface area contributed by atoms with E-state index in [4.69, 9.17) is 37.0 Å². The summed E-state index contributed by atoms with van der Waals surface area (Å²) in [6, 6.07) is 17.9. The van der Waals surface area contributed by atoms with Gasteiger partial charge in [-0.1, -0.05) is 140 Å². The molecule has 0 bridgehead atoms. The van der Waals surface area contributed by atoms with Gasteiger partial charge in [-0.15, -0.1) is 0 Å². The molecule has 0 aromatic heterocycles. The lowest BCUT2D eigenvalue weighted by Gasteiger charge is -2.46. The molecule has 3 rings (SSSR count). The first-order chi connectivity index (χ1) is 34.0. The molecule has 71 heavy (non-hydrogen) atoms. The van der Waals surface area contributed by atoms with Gasteiger partial charge in [-0.25, -0.2) is 4.18 Å². The fourth-order valence-corrected chi connectivity index (χ4v) is 9.55. The molecule has 1 amide bonds. The fourth-order valence-electron chi connectivity index (χ4n) is 8.27. The van der Waals surface area contributed by atoms with Gasteiger partial charge in [0.1, 0.15) is 29.7 Å². The van der Waals surface area contributed by atoms with E-state index in [1.165, 1.54) is 32.1 Å². The Morgan fingerprint density at radius 3 is 1.65 bits per heavy atom. The number of carbonyl (C=O) groups excluding carboxylic acids is 3. The number of unbranched alkanes of at least 4 members (excludes halogenated alkanes) is 17. The molecule has 0 saturated carbocycles. The quantitative estimate of drug-likeness (QED) is 0.0278. The van der Waals surface area contributed by atoms with Gasteiger partial charge in [-0.3, -0.25) is 18.9 Å². The molecule has 0 spiro atoms. The zero-order valence-corrected chi connectivity index (χ0v) is 45.8. The lowest BCUT2D eigenvalue weighted by Crippen LogP contribution is -2.68. The molecule has 1 heterocycles. The number of para-hydroxylation sites is 2. The lowest BCUT2D eigenvalue weighted by atomic mass is 9.95. The zero-order valence-electron chi connectivity index (χ0n) is 43.9. The Morgan fingerprint density at radius 2 is 1.15 bits per heavy atom. The molecule has 2 aromatic carbocycles. The number of ether oxygens (including phenoxy) is 6. The highest BCUT2D eigenvalue weighted by Crippen LogP contribution is 2.31. The van der Waals surface area contributed by atoms with Gasteiger partial charge in [0, 0.05) is 12.8 Å². The van der Waals surface area contributed by atoms with Crippen LogP contribution in [-0.2, 0) is 52.3 Å². The molecule has 15 nitrogen and oxygen atoms in total. The van der Waals surface area contributed by atoms with E-state index in [1.54, 1.807) is 20.8 Å². The summed E-state index contributed by atoms with van der Waals surface area (Å²) >= 11 is 0. The fraction of sp³-hybridized carbons (Fsp3) is 0.722. The highest BCUT2D eigenvalue weighted by atomic mass is 32.3. The van der Waals surface area contributed by atoms with Gasteiger partial charge in [0.2, 0.25) is 0 Å². The predicted octanol–water partition coefficient (Wildman–Crippen LogP) is 11.2. The summed E-state index contributed by atoms with van der Waals surface area (Å²) in [7, 11) is -7.15. The van der Waals surface area contributed by atoms with Crippen molar-refractivity contribution in [3.8, 4) is 11.5 Å². The summed E-state index contributed by atoms with van der Waals surface area (Å²) in [6.07, 6.45) is 12.2. The van der Waals surface area contributed by atoms with Crippen LogP contribution < -0.4 is 14.8 Å². The Kier molecular flexibility index (Phi) is 30.9. The van der Waals surface area contributed by atoms with E-state index in [1.807, 2.05) is 73.8 Å². The van der Waals surface area contributed by atoms with Crippen LogP contribution in [0.1, 0.15) is 175 Å². The second kappa shape index (κ2) is 35.5. The van der Waals surface area contributed by atoms with Crippen LogP contribution in [0.4, 0.5) is 0 Å². The monoisotopic (exact) mass is 1040 g/mol. The van der Waals surface area contributed by atoms with Gasteiger partial charge in [-0.2, -0.15) is 8.42 Å². The van der Waals surface area contributed by atoms with E-state index in [2.05, 4.69) is 12.2 Å². The largest absolute Gasteiger partial charge is 0.494 e. The summed E-state index contributed by atoms with van der Waals surface area (Å²) in [5, 5.41) is 2.90. The molecule has 0 aliphatic carbocycles. The first kappa shape index (κ1) is 61.7. The second-order valence-corrected chi connectivity index (χ2v) is 23.4. The third-order valence-corrected chi connectivity index (χ3v) is 13.3. The van der Waals surface area contributed by atoms with Crippen molar-refractivity contribution in [2.24, 2.45) is 0 Å². The van der Waals surface area contributed by atoms with Crippen LogP contribution in [0.25, 0.3) is 0 Å². The first-order valence-electron chi connectivity index (χ1n) is 26.7. The topological polar surface area (TPSA) is 191 Å². The van der Waals surface area contributed by atoms with E-state index in [-0.39, 0.29) is 25.9 Å². The summed E-state index contributed by atoms with van der Waals surface area (Å²) < 4.78 is 82.7. The molecule has 1 aliphatic rings. The molecule has 404 valence electrons. The molecule has 1 fully saturated rings. The van der Waals surface area contributed by atoms with Gasteiger partial charge in [0.15, 0.2) is 27.5 Å². The van der Waals surface area contributed by atoms with Crippen LogP contribution in [0.15, 0.2) is 60.7 Å². The maximum Gasteiger partial charge on any atom is 0.397 e. The zero-order chi connectivity index (χ0) is 51.7. The van der Waals surface area contributed by atoms with Gasteiger partial charge in [-0.05, 0) is 96.7 Å². The average Bonchev–Trinajstić information content (AvgIpc) is 3.32. The van der Waals surface area contributed by atoms with Crippen LogP contribution >= 0.6 is 0 Å². The van der Waals surface area contributed by atoms with Gasteiger partial charge in [0.05, 0.1) is 25.4 Å². The maximum absolute atomic E-state index is 14.5. The molecule has 17 heteroatoms. The Bertz CT molecular complexity index is 1830. The summed E-state index contributed by atoms with van der Waals surface area (Å²) in [4.78, 5) is 41.7. The molecule has 2 unspecified atom stereocenters. The van der Waals surface area contributed by atoms with Crippen LogP contribution in [0, 0.1) is 0 Å². The minimum Gasteiger partial charge on any atom is -0.494 e. The molecule has 2 N–H and O–H groups in total. The maximum atomic E-state index is 14.5. The third kappa shape index (κ3) is 29.0. The highest BCUT2D eigenvalue weighted by molar-refractivity contribution is 7.80. The minimum absolute atomic E-state index is 0.00874. The highest BCUT2D eigenvalue weighted by Gasteiger charge is 2.52. The van der Waals surface area contributed by atoms with Crippen LogP contribution in [0.5, 0.6) is 11.5 Å². The first-order valence-corrected chi connectivity index (χ1v) is 30.8. The minimum atomic E-state index is -5.17. The second-order valence-electron chi connectivity index (χ2n) is 19.9. The van der Waals surface area contributed by atoms with Crippen molar-refractivity contribution in [2.45, 2.75) is 231 Å². The van der Waals surface area contributed by atoms with Crippen molar-refractivity contribution in [1.29, 1.82) is 0 Å². The van der Waals surface area contributed by atoms with E-state index in [0.29, 0.717) is 32.5 Å². The number of hydrogen-bond donors (Lipinski definition) is 2. The number of carbonyl (C=O) groups is 3. The summed E-state index contributed by atoms with van der Waals surface area (Å²) in [6.45, 7) is 12.4. The van der Waals surface area contributed by atoms with Crippen molar-refractivity contribution in [2.75, 3.05) is 19.8 Å². The SMILES string of the molecule is CCCCCCCCCCCCC(OC(=O)CCCCCCCOc1ccccc1)C(=O)N[C@H]1C(O[SiH](C)C)O[C@H](COC(C)(C)C)[C@@H](OS(=O)(=O)O)[C@@H]1OC(=O)CCCCCCCOc1ccccc1. The Balaban J connectivity index is 1.75. The standard InChI is InChI=1S/C54H89NO14SSi/c1-7-8-9-10-11-12-13-14-17-28-37-45(65-47(56)38-29-18-15-20-31-40-62-43-33-24-22-25-34-43)52(58)55-49-51(67-48(57)39-30-19-16-21-32-41-63-44-35-26-23-27-36-44)50(68-70(59,60)61)46(42-64-54(2,3)4)66-53(49)69-71(5)6/h22-27,33-36,45-46,49-51,53,71H,7-21,28-32,37-42H2,1-6H3,(H,55,58)(H,59,60,61)/t45?,46-,49-,50-,51-,53?/m1/s1. The molecular weight excluding hydrogens is 947 g/mol. The lowest BCUT2D eigenvalue weighted by molar-refractivity contribution is -0.254. The number of amides is 1. The molecule has 1 saturated heterocycles. The number of nitrogens with one attached hydrogen (secondary N) is 1. The predicted molar refractivity (Wildman–Crippen MR) is 278 cm³/mol. The van der Waals surface area contributed by atoms with Crippen molar-refractivity contribution in [3.63, 3.8) is 0 Å².